The van der Waals surface area contributed by atoms with Gasteiger partial charge in [0.25, 0.3) is 0 Å². The van der Waals surface area contributed by atoms with Crippen LogP contribution in [-0.2, 0) is 6.42 Å². The first-order valence-electron chi connectivity index (χ1n) is 17.4. The van der Waals surface area contributed by atoms with Gasteiger partial charge in [-0.25, -0.2) is 0 Å². The Kier molecular flexibility index (Phi) is 7.71. The van der Waals surface area contributed by atoms with Gasteiger partial charge in [-0.05, 0) is 83.8 Å². The van der Waals surface area contributed by atoms with Gasteiger partial charge in [-0.1, -0.05) is 133 Å². The van der Waals surface area contributed by atoms with Gasteiger partial charge < -0.3 is 9.13 Å². The number of nitrogens with zero attached hydrogens (tertiary/aromatic N) is 3. The average Bonchev–Trinajstić information content (AvgIpc) is 3.78. The molecule has 51 heavy (non-hydrogen) atoms. The highest BCUT2D eigenvalue weighted by Gasteiger charge is 2.16. The molecule has 242 valence electrons. The predicted octanol–water partition coefficient (Wildman–Crippen LogP) is 12.4. The van der Waals surface area contributed by atoms with Crippen molar-refractivity contribution in [2.24, 2.45) is 4.99 Å². The number of allylic oxidation sites excluding steroid dienone is 3. The summed E-state index contributed by atoms with van der Waals surface area (Å²) in [7, 11) is 0. The highest BCUT2D eigenvalue weighted by molar-refractivity contribution is 6.19. The number of fused-ring (bicyclic) bond motifs is 6. The minimum atomic E-state index is 0.801. The molecular weight excluding hydrogens is 619 g/mol. The van der Waals surface area contributed by atoms with Crippen molar-refractivity contribution in [3.63, 3.8) is 0 Å². The van der Waals surface area contributed by atoms with Crippen LogP contribution in [0.5, 0.6) is 0 Å². The molecule has 0 unspecified atom stereocenters. The lowest BCUT2D eigenvalue weighted by atomic mass is 10.0. The van der Waals surface area contributed by atoms with Crippen LogP contribution in [-0.4, -0.2) is 15.9 Å². The van der Waals surface area contributed by atoms with Crippen molar-refractivity contribution in [1.82, 2.24) is 9.13 Å². The van der Waals surface area contributed by atoms with E-state index in [4.69, 9.17) is 0 Å². The minimum Gasteiger partial charge on any atom is -0.317 e. The Morgan fingerprint density at radius 2 is 1.25 bits per heavy atom. The number of aromatic nitrogens is 2. The van der Waals surface area contributed by atoms with Crippen LogP contribution in [0.15, 0.2) is 193 Å². The molecule has 3 nitrogen and oxygen atoms in total. The van der Waals surface area contributed by atoms with Gasteiger partial charge in [-0.15, -0.1) is 0 Å². The standard InChI is InChI=1S/C48H35N3/c1-49-45(36-16-7-3-8-17-36)33-41(25-21-34-13-5-2-6-14-34)50-30-29-39-31-37(23-27-46(39)50)38-24-28-47-44(32-38)43-26-22-35-15-11-12-20-42(35)48(43)51(47)40-18-9-4-10-19-40/h2-20,22-33H,1,21H2/b41-25+,45-33-. The fourth-order valence-electron chi connectivity index (χ4n) is 7.39. The minimum absolute atomic E-state index is 0.801. The van der Waals surface area contributed by atoms with Crippen LogP contribution >= 0.6 is 0 Å². The monoisotopic (exact) mass is 653 g/mol. The van der Waals surface area contributed by atoms with Crippen LogP contribution in [0.2, 0.25) is 0 Å². The Labute approximate surface area is 297 Å². The molecule has 0 aliphatic heterocycles. The first-order valence-corrected chi connectivity index (χ1v) is 17.4. The summed E-state index contributed by atoms with van der Waals surface area (Å²) in [4.78, 5) is 4.44. The molecule has 0 amide bonds. The molecule has 7 aromatic carbocycles. The third-order valence-corrected chi connectivity index (χ3v) is 9.88. The predicted molar refractivity (Wildman–Crippen MR) is 218 cm³/mol. The zero-order chi connectivity index (χ0) is 34.1. The maximum atomic E-state index is 4.44. The first-order chi connectivity index (χ1) is 25.2. The zero-order valence-corrected chi connectivity index (χ0v) is 28.2. The van der Waals surface area contributed by atoms with Crippen LogP contribution in [0.3, 0.4) is 0 Å². The summed E-state index contributed by atoms with van der Waals surface area (Å²) in [5.41, 5.74) is 11.3. The van der Waals surface area contributed by atoms with Gasteiger partial charge in [0.15, 0.2) is 0 Å². The molecule has 9 rings (SSSR count). The van der Waals surface area contributed by atoms with Crippen molar-refractivity contribution in [2.45, 2.75) is 6.42 Å². The molecule has 0 atom stereocenters. The molecular formula is C48H35N3. The van der Waals surface area contributed by atoms with Crippen LogP contribution in [0.4, 0.5) is 0 Å². The molecule has 0 bridgehead atoms. The molecule has 0 radical (unpaired) electrons. The van der Waals surface area contributed by atoms with Crippen LogP contribution in [0.1, 0.15) is 11.1 Å². The van der Waals surface area contributed by atoms with E-state index < -0.39 is 0 Å². The maximum Gasteiger partial charge on any atom is 0.0715 e. The largest absolute Gasteiger partial charge is 0.317 e. The number of hydrogen-bond acceptors (Lipinski definition) is 1. The molecule has 9 aromatic rings. The average molecular weight is 654 g/mol. The quantitative estimate of drug-likeness (QED) is 0.115. The molecule has 0 aliphatic rings. The van der Waals surface area contributed by atoms with E-state index in [9.17, 15) is 0 Å². The number of rotatable bonds is 8. The lowest BCUT2D eigenvalue weighted by Crippen LogP contribution is -1.96. The molecule has 0 saturated carbocycles. The Morgan fingerprint density at radius 1 is 0.569 bits per heavy atom. The van der Waals surface area contributed by atoms with Gasteiger partial charge in [0.05, 0.1) is 22.2 Å². The van der Waals surface area contributed by atoms with Crippen molar-refractivity contribution in [1.29, 1.82) is 0 Å². The fourth-order valence-corrected chi connectivity index (χ4v) is 7.39. The Balaban J connectivity index is 1.16. The zero-order valence-electron chi connectivity index (χ0n) is 28.2. The topological polar surface area (TPSA) is 22.2 Å². The fraction of sp³-hybridized carbons (Fsp3) is 0.0208. The smallest absolute Gasteiger partial charge is 0.0715 e. The second-order valence-electron chi connectivity index (χ2n) is 12.9. The Bertz CT molecular complexity index is 2760. The SMILES string of the molecule is C=N/C(=C\C(=C/Cc1ccccc1)n1ccc2cc(-c3ccc4c(c3)c3ccc5ccccc5c3n4-c3ccccc3)ccc21)c1ccccc1. The Morgan fingerprint density at radius 3 is 2.04 bits per heavy atom. The molecule has 2 heterocycles. The molecule has 2 aromatic heterocycles. The summed E-state index contributed by atoms with van der Waals surface area (Å²) in [6.07, 6.45) is 7.38. The van der Waals surface area contributed by atoms with E-state index in [2.05, 4.69) is 191 Å². The lowest BCUT2D eigenvalue weighted by molar-refractivity contribution is 1.15. The van der Waals surface area contributed by atoms with Gasteiger partial charge in [-0.2, -0.15) is 0 Å². The van der Waals surface area contributed by atoms with Crippen LogP contribution in [0, 0.1) is 0 Å². The second kappa shape index (κ2) is 13.0. The summed E-state index contributed by atoms with van der Waals surface area (Å²) in [6.45, 7) is 3.92. The van der Waals surface area contributed by atoms with Gasteiger partial charge in [0.2, 0.25) is 0 Å². The molecule has 0 N–H and O–H groups in total. The first kappa shape index (κ1) is 30.4. The van der Waals surface area contributed by atoms with Gasteiger partial charge in [0.1, 0.15) is 0 Å². The van der Waals surface area contributed by atoms with E-state index in [1.165, 1.54) is 54.7 Å². The summed E-state index contributed by atoms with van der Waals surface area (Å²) in [5.74, 6) is 0. The molecule has 0 aliphatic carbocycles. The number of hydrogen-bond donors (Lipinski definition) is 0. The Hall–Kier alpha value is -6.71. The van der Waals surface area contributed by atoms with Crippen molar-refractivity contribution < 1.29 is 0 Å². The van der Waals surface area contributed by atoms with E-state index >= 15 is 0 Å². The highest BCUT2D eigenvalue weighted by atomic mass is 15.0. The molecule has 0 saturated heterocycles. The summed E-state index contributed by atoms with van der Waals surface area (Å²) in [5, 5.41) is 6.18. The van der Waals surface area contributed by atoms with Crippen molar-refractivity contribution >= 4 is 61.6 Å². The molecule has 0 fully saturated rings. The lowest BCUT2D eigenvalue weighted by Gasteiger charge is -2.11. The molecule has 3 heteroatoms. The van der Waals surface area contributed by atoms with E-state index in [0.29, 0.717) is 0 Å². The molecule has 0 spiro atoms. The van der Waals surface area contributed by atoms with Gasteiger partial charge in [-0.3, -0.25) is 4.99 Å². The number of para-hydroxylation sites is 1. The summed E-state index contributed by atoms with van der Waals surface area (Å²) < 4.78 is 4.68. The van der Waals surface area contributed by atoms with Crippen molar-refractivity contribution in [3.05, 3.63) is 199 Å². The van der Waals surface area contributed by atoms with E-state index in [1.54, 1.807) is 0 Å². The number of benzene rings is 7. The van der Waals surface area contributed by atoms with Crippen molar-refractivity contribution in [3.8, 4) is 16.8 Å². The number of aliphatic imine (C=N–C) groups is 1. The van der Waals surface area contributed by atoms with Crippen LogP contribution in [0.25, 0.3) is 71.7 Å². The third-order valence-electron chi connectivity index (χ3n) is 9.88. The normalized spacial score (nSPS) is 12.3. The summed E-state index contributed by atoms with van der Waals surface area (Å²) in [6, 6.07) is 60.6. The van der Waals surface area contributed by atoms with Crippen LogP contribution < -0.4 is 0 Å². The van der Waals surface area contributed by atoms with E-state index in [-0.39, 0.29) is 0 Å². The van der Waals surface area contributed by atoms with E-state index in [0.717, 1.165) is 34.6 Å². The van der Waals surface area contributed by atoms with E-state index in [1.807, 2.05) is 18.2 Å². The maximum absolute atomic E-state index is 4.44. The van der Waals surface area contributed by atoms with Gasteiger partial charge >= 0.3 is 0 Å². The summed E-state index contributed by atoms with van der Waals surface area (Å²) >= 11 is 0. The second-order valence-corrected chi connectivity index (χ2v) is 12.9. The highest BCUT2D eigenvalue weighted by Crippen LogP contribution is 2.39. The van der Waals surface area contributed by atoms with Crippen molar-refractivity contribution in [2.75, 3.05) is 0 Å². The van der Waals surface area contributed by atoms with Gasteiger partial charge in [0, 0.05) is 44.7 Å². The third kappa shape index (κ3) is 5.55.